The molecule has 1 aliphatic heterocycles. The average Bonchev–Trinajstić information content (AvgIpc) is 2.92. The number of amides is 1. The molecule has 0 aliphatic carbocycles. The summed E-state index contributed by atoms with van der Waals surface area (Å²) in [6.07, 6.45) is -5.77. The van der Waals surface area contributed by atoms with Crippen LogP contribution in [0, 0.1) is 22.5 Å². The second kappa shape index (κ2) is 5.77. The summed E-state index contributed by atoms with van der Waals surface area (Å²) < 4.78 is 39.4. The average molecular weight is 346 g/mol. The van der Waals surface area contributed by atoms with Crippen molar-refractivity contribution in [3.05, 3.63) is 39.4 Å². The zero-order chi connectivity index (χ0) is 18.3. The number of alkyl halides is 3. The highest BCUT2D eigenvalue weighted by atomic mass is 19.4. The van der Waals surface area contributed by atoms with Crippen molar-refractivity contribution < 1.29 is 32.8 Å². The summed E-state index contributed by atoms with van der Waals surface area (Å²) in [5, 5.41) is 19.9. The molecule has 0 radical (unpaired) electrons. The number of halogens is 3. The first-order chi connectivity index (χ1) is 11.0. The lowest BCUT2D eigenvalue weighted by molar-refractivity contribution is -0.385. The molecule has 0 aromatic heterocycles. The molecule has 1 aromatic carbocycles. The lowest BCUT2D eigenvalue weighted by atomic mass is 9.86. The highest BCUT2D eigenvalue weighted by Crippen LogP contribution is 2.46. The van der Waals surface area contributed by atoms with Gasteiger partial charge in [-0.2, -0.15) is 13.2 Å². The number of likely N-dealkylation sites (tertiary alicyclic amines) is 1. The number of carboxylic acids is 1. The van der Waals surface area contributed by atoms with E-state index in [1.165, 1.54) is 25.1 Å². The maximum absolute atomic E-state index is 13.1. The number of hydrogen-bond donors (Lipinski definition) is 1. The molecule has 0 saturated carbocycles. The van der Waals surface area contributed by atoms with Crippen LogP contribution in [-0.2, 0) is 4.79 Å². The van der Waals surface area contributed by atoms with Crippen molar-refractivity contribution in [2.24, 2.45) is 5.41 Å². The second-order valence-electron chi connectivity index (χ2n) is 5.57. The summed E-state index contributed by atoms with van der Waals surface area (Å²) in [5.41, 5.74) is -3.45. The van der Waals surface area contributed by atoms with Crippen molar-refractivity contribution in [3.8, 4) is 0 Å². The second-order valence-corrected chi connectivity index (χ2v) is 5.57. The van der Waals surface area contributed by atoms with Gasteiger partial charge in [0.2, 0.25) is 0 Å². The quantitative estimate of drug-likeness (QED) is 0.669. The third-order valence-corrected chi connectivity index (χ3v) is 4.24. The van der Waals surface area contributed by atoms with Crippen LogP contribution in [0.2, 0.25) is 0 Å². The minimum Gasteiger partial charge on any atom is -0.481 e. The Balaban J connectivity index is 2.35. The van der Waals surface area contributed by atoms with Crippen molar-refractivity contribution in [3.63, 3.8) is 0 Å². The van der Waals surface area contributed by atoms with E-state index in [1.807, 2.05) is 0 Å². The van der Waals surface area contributed by atoms with Gasteiger partial charge in [0.1, 0.15) is 0 Å². The molecule has 1 fully saturated rings. The smallest absolute Gasteiger partial charge is 0.406 e. The number of carbonyl (C=O) groups is 2. The van der Waals surface area contributed by atoms with Gasteiger partial charge >= 0.3 is 12.1 Å². The fourth-order valence-corrected chi connectivity index (χ4v) is 2.73. The van der Waals surface area contributed by atoms with Gasteiger partial charge in [-0.25, -0.2) is 0 Å². The molecule has 1 aliphatic rings. The molecule has 2 rings (SSSR count). The Morgan fingerprint density at radius 3 is 2.46 bits per heavy atom. The standard InChI is InChI=1S/C14H13F3N2O5/c1-8-9(3-2-4-10(8)19(23)24)11(20)18-6-5-13(7-18,12(21)22)14(15,16)17/h2-4H,5-7H2,1H3,(H,21,22). The first-order valence-electron chi connectivity index (χ1n) is 6.84. The van der Waals surface area contributed by atoms with Gasteiger partial charge < -0.3 is 10.0 Å². The Hall–Kier alpha value is -2.65. The molecule has 24 heavy (non-hydrogen) atoms. The van der Waals surface area contributed by atoms with Crippen LogP contribution in [0.25, 0.3) is 0 Å². The van der Waals surface area contributed by atoms with Gasteiger partial charge in [-0.15, -0.1) is 0 Å². The number of nitro benzene ring substituents is 1. The lowest BCUT2D eigenvalue weighted by Crippen LogP contribution is -2.47. The molecule has 10 heteroatoms. The van der Waals surface area contributed by atoms with E-state index in [-0.39, 0.29) is 16.8 Å². The zero-order valence-electron chi connectivity index (χ0n) is 12.5. The van der Waals surface area contributed by atoms with Crippen LogP contribution in [0.15, 0.2) is 18.2 Å². The van der Waals surface area contributed by atoms with E-state index in [9.17, 15) is 32.9 Å². The number of rotatable bonds is 3. The summed E-state index contributed by atoms with van der Waals surface area (Å²) in [5.74, 6) is -2.90. The van der Waals surface area contributed by atoms with Crippen molar-refractivity contribution in [1.82, 2.24) is 4.90 Å². The number of carbonyl (C=O) groups excluding carboxylic acids is 1. The molecule has 1 saturated heterocycles. The summed E-state index contributed by atoms with van der Waals surface area (Å²) in [7, 11) is 0. The summed E-state index contributed by atoms with van der Waals surface area (Å²) in [6.45, 7) is -0.102. The Labute approximate surface area is 133 Å². The number of nitro groups is 1. The molecular formula is C14H13F3N2O5. The van der Waals surface area contributed by atoms with E-state index in [2.05, 4.69) is 0 Å². The first kappa shape index (κ1) is 17.7. The molecule has 1 amide bonds. The maximum atomic E-state index is 13.1. The molecule has 130 valence electrons. The van der Waals surface area contributed by atoms with E-state index in [0.717, 1.165) is 4.90 Å². The van der Waals surface area contributed by atoms with Gasteiger partial charge in [-0.05, 0) is 19.4 Å². The number of nitrogens with zero attached hydrogens (tertiary/aromatic N) is 2. The third kappa shape index (κ3) is 2.68. The number of hydrogen-bond acceptors (Lipinski definition) is 4. The summed E-state index contributed by atoms with van der Waals surface area (Å²) in [6, 6.07) is 3.69. The minimum absolute atomic E-state index is 0.0207. The van der Waals surface area contributed by atoms with Crippen molar-refractivity contribution in [1.29, 1.82) is 0 Å². The molecule has 1 atom stereocenters. The predicted octanol–water partition coefficient (Wildman–Crippen LogP) is 2.38. The van der Waals surface area contributed by atoms with Gasteiger partial charge in [0, 0.05) is 30.3 Å². The minimum atomic E-state index is -5.01. The summed E-state index contributed by atoms with van der Waals surface area (Å²) in [4.78, 5) is 34.5. The molecule has 1 N–H and O–H groups in total. The van der Waals surface area contributed by atoms with E-state index in [1.54, 1.807) is 0 Å². The molecule has 7 nitrogen and oxygen atoms in total. The van der Waals surface area contributed by atoms with Crippen LogP contribution in [0.5, 0.6) is 0 Å². The Bertz CT molecular complexity index is 719. The van der Waals surface area contributed by atoms with Crippen molar-refractivity contribution >= 4 is 17.6 Å². The van der Waals surface area contributed by atoms with E-state index >= 15 is 0 Å². The van der Waals surface area contributed by atoms with Gasteiger partial charge in [-0.1, -0.05) is 6.07 Å². The third-order valence-electron chi connectivity index (χ3n) is 4.24. The normalized spacial score (nSPS) is 20.9. The number of carboxylic acid groups (broad SMARTS) is 1. The van der Waals surface area contributed by atoms with Crippen LogP contribution in [0.3, 0.4) is 0 Å². The predicted molar refractivity (Wildman–Crippen MR) is 74.5 cm³/mol. The van der Waals surface area contributed by atoms with E-state index in [4.69, 9.17) is 5.11 Å². The molecular weight excluding hydrogens is 333 g/mol. The van der Waals surface area contributed by atoms with Gasteiger partial charge in [0.25, 0.3) is 11.6 Å². The largest absolute Gasteiger partial charge is 0.481 e. The highest BCUT2D eigenvalue weighted by molar-refractivity contribution is 5.97. The van der Waals surface area contributed by atoms with E-state index in [0.29, 0.717) is 0 Å². The molecule has 0 bridgehead atoms. The van der Waals surface area contributed by atoms with Crippen LogP contribution in [0.4, 0.5) is 18.9 Å². The van der Waals surface area contributed by atoms with Crippen molar-refractivity contribution in [2.45, 2.75) is 19.5 Å². The van der Waals surface area contributed by atoms with Gasteiger partial charge in [0.05, 0.1) is 4.92 Å². The van der Waals surface area contributed by atoms with Gasteiger partial charge in [-0.3, -0.25) is 19.7 Å². The van der Waals surface area contributed by atoms with Crippen LogP contribution < -0.4 is 0 Å². The fraction of sp³-hybridized carbons (Fsp3) is 0.429. The molecule has 1 aromatic rings. The number of aliphatic carboxylic acids is 1. The Kier molecular flexibility index (Phi) is 4.25. The van der Waals surface area contributed by atoms with Crippen LogP contribution in [0.1, 0.15) is 22.3 Å². The Morgan fingerprint density at radius 1 is 1.38 bits per heavy atom. The molecule has 1 unspecified atom stereocenters. The van der Waals surface area contributed by atoms with E-state index < -0.39 is 47.9 Å². The SMILES string of the molecule is Cc1c(C(=O)N2CCC(C(=O)O)(C(F)(F)F)C2)cccc1[N+](=O)[O-]. The van der Waals surface area contributed by atoms with Crippen LogP contribution >= 0.6 is 0 Å². The molecule has 1 heterocycles. The topological polar surface area (TPSA) is 101 Å². The molecule has 0 spiro atoms. The first-order valence-corrected chi connectivity index (χ1v) is 6.84. The van der Waals surface area contributed by atoms with Crippen LogP contribution in [-0.4, -0.2) is 46.1 Å². The highest BCUT2D eigenvalue weighted by Gasteiger charge is 2.64. The van der Waals surface area contributed by atoms with Crippen molar-refractivity contribution in [2.75, 3.05) is 13.1 Å². The summed E-state index contributed by atoms with van der Waals surface area (Å²) >= 11 is 0. The fourth-order valence-electron chi connectivity index (χ4n) is 2.73. The lowest BCUT2D eigenvalue weighted by Gasteiger charge is -2.27. The monoisotopic (exact) mass is 346 g/mol. The Morgan fingerprint density at radius 2 is 2.00 bits per heavy atom. The zero-order valence-corrected chi connectivity index (χ0v) is 12.5. The number of benzene rings is 1. The van der Waals surface area contributed by atoms with Gasteiger partial charge in [0.15, 0.2) is 5.41 Å². The maximum Gasteiger partial charge on any atom is 0.406 e.